The van der Waals surface area contributed by atoms with Crippen molar-refractivity contribution in [2.45, 2.75) is 39.8 Å². The average molecular weight is 322 g/mol. The van der Waals surface area contributed by atoms with E-state index in [9.17, 15) is 9.59 Å². The Morgan fingerprint density at radius 3 is 2.27 bits per heavy atom. The van der Waals surface area contributed by atoms with Crippen LogP contribution in [0.15, 0.2) is 30.3 Å². The molecule has 1 aromatic carbocycles. The summed E-state index contributed by atoms with van der Waals surface area (Å²) < 4.78 is 0. The maximum absolute atomic E-state index is 12.2. The van der Waals surface area contributed by atoms with E-state index in [0.717, 1.165) is 5.69 Å². The zero-order valence-corrected chi connectivity index (χ0v) is 14.6. The second-order valence-electron chi connectivity index (χ2n) is 5.86. The number of rotatable bonds is 9. The molecule has 0 bridgehead atoms. The van der Waals surface area contributed by atoms with Gasteiger partial charge in [0.15, 0.2) is 5.78 Å². The minimum atomic E-state index is -0.200. The lowest BCUT2D eigenvalue weighted by Gasteiger charge is -2.21. The molecule has 0 radical (unpaired) electrons. The summed E-state index contributed by atoms with van der Waals surface area (Å²) in [5, 5.41) is 6.13. The normalized spacial score (nSPS) is 12.5. The Morgan fingerprint density at radius 1 is 1.09 bits per heavy atom. The topological polar surface area (TPSA) is 58.2 Å². The second-order valence-corrected chi connectivity index (χ2v) is 6.89. The fourth-order valence-electron chi connectivity index (χ4n) is 2.01. The number of hydrogen-bond acceptors (Lipinski definition) is 4. The van der Waals surface area contributed by atoms with Gasteiger partial charge in [-0.2, -0.15) is 0 Å². The molecule has 0 saturated carbocycles. The molecule has 0 aliphatic rings. The van der Waals surface area contributed by atoms with E-state index in [4.69, 9.17) is 0 Å². The Morgan fingerprint density at radius 2 is 1.73 bits per heavy atom. The number of amides is 1. The van der Waals surface area contributed by atoms with E-state index in [1.165, 1.54) is 11.8 Å². The highest BCUT2D eigenvalue weighted by Gasteiger charge is 2.21. The molecule has 0 fully saturated rings. The molecule has 0 saturated heterocycles. The van der Waals surface area contributed by atoms with E-state index in [1.807, 2.05) is 58.0 Å². The first-order valence-electron chi connectivity index (χ1n) is 7.62. The van der Waals surface area contributed by atoms with Gasteiger partial charge in [-0.1, -0.05) is 45.9 Å². The number of carbonyl (C=O) groups is 2. The fourth-order valence-corrected chi connectivity index (χ4v) is 2.88. The van der Waals surface area contributed by atoms with E-state index in [-0.39, 0.29) is 29.7 Å². The van der Waals surface area contributed by atoms with Crippen molar-refractivity contribution in [3.05, 3.63) is 30.3 Å². The summed E-state index contributed by atoms with van der Waals surface area (Å²) in [7, 11) is 0. The lowest BCUT2D eigenvalue weighted by Crippen LogP contribution is -2.44. The molecule has 22 heavy (non-hydrogen) atoms. The third-order valence-corrected chi connectivity index (χ3v) is 4.06. The molecule has 0 heterocycles. The maximum atomic E-state index is 12.2. The largest absolute Gasteiger partial charge is 0.325 e. The van der Waals surface area contributed by atoms with Crippen LogP contribution in [0.25, 0.3) is 0 Å². The Balaban J connectivity index is 2.41. The quantitative estimate of drug-likeness (QED) is 0.734. The number of para-hydroxylation sites is 1. The van der Waals surface area contributed by atoms with Crippen LogP contribution in [0.3, 0.4) is 0 Å². The van der Waals surface area contributed by atoms with E-state index in [1.54, 1.807) is 0 Å². The number of carbonyl (C=O) groups excluding carboxylic acids is 2. The predicted octanol–water partition coefficient (Wildman–Crippen LogP) is 2.95. The summed E-state index contributed by atoms with van der Waals surface area (Å²) in [4.78, 5) is 24.1. The molecule has 1 aromatic rings. The van der Waals surface area contributed by atoms with Crippen molar-refractivity contribution < 1.29 is 9.59 Å². The zero-order chi connectivity index (χ0) is 16.5. The van der Waals surface area contributed by atoms with Crippen LogP contribution in [0.5, 0.6) is 0 Å². The molecular weight excluding hydrogens is 296 g/mol. The number of hydrogen-bond donors (Lipinski definition) is 2. The summed E-state index contributed by atoms with van der Waals surface area (Å²) in [6.07, 6.45) is 0. The van der Waals surface area contributed by atoms with Crippen molar-refractivity contribution in [2.24, 2.45) is 5.92 Å². The van der Waals surface area contributed by atoms with Gasteiger partial charge in [0.2, 0.25) is 5.91 Å². The molecule has 1 unspecified atom stereocenters. The summed E-state index contributed by atoms with van der Waals surface area (Å²) >= 11 is 1.48. The first-order valence-corrected chi connectivity index (χ1v) is 8.78. The number of anilines is 1. The van der Waals surface area contributed by atoms with Crippen molar-refractivity contribution in [1.29, 1.82) is 0 Å². The summed E-state index contributed by atoms with van der Waals surface area (Å²) in [5.74, 6) is 1.10. The lowest BCUT2D eigenvalue weighted by molar-refractivity contribution is -0.123. The predicted molar refractivity (Wildman–Crippen MR) is 94.3 cm³/mol. The molecule has 0 aromatic heterocycles. The molecule has 1 atom stereocenters. The van der Waals surface area contributed by atoms with Gasteiger partial charge in [0.05, 0.1) is 11.8 Å². The SMILES string of the molecule is CC(C)NC(CSCC(=O)Nc1ccccc1)C(=O)C(C)C. The third kappa shape index (κ3) is 7.09. The van der Waals surface area contributed by atoms with Crippen molar-refractivity contribution in [3.8, 4) is 0 Å². The van der Waals surface area contributed by atoms with E-state index >= 15 is 0 Å². The van der Waals surface area contributed by atoms with Crippen LogP contribution in [-0.4, -0.2) is 35.3 Å². The van der Waals surface area contributed by atoms with Crippen LogP contribution in [0.2, 0.25) is 0 Å². The number of nitrogens with one attached hydrogen (secondary N) is 2. The van der Waals surface area contributed by atoms with Crippen LogP contribution in [0.1, 0.15) is 27.7 Å². The van der Waals surface area contributed by atoms with Crippen molar-refractivity contribution in [2.75, 3.05) is 16.8 Å². The van der Waals surface area contributed by atoms with Crippen LogP contribution >= 0.6 is 11.8 Å². The average Bonchev–Trinajstić information content (AvgIpc) is 2.46. The van der Waals surface area contributed by atoms with E-state index in [0.29, 0.717) is 11.5 Å². The number of Topliss-reactive ketones (excluding diaryl/α,β-unsaturated/α-hetero) is 1. The zero-order valence-electron chi connectivity index (χ0n) is 13.8. The first-order chi connectivity index (χ1) is 10.4. The molecular formula is C17H26N2O2S. The molecule has 0 spiro atoms. The lowest BCUT2D eigenvalue weighted by atomic mass is 10.0. The highest BCUT2D eigenvalue weighted by molar-refractivity contribution is 8.00. The second kappa shape index (κ2) is 9.64. The van der Waals surface area contributed by atoms with Crippen molar-refractivity contribution in [3.63, 3.8) is 0 Å². The summed E-state index contributed by atoms with van der Waals surface area (Å²) in [6.45, 7) is 7.86. The number of ketones is 1. The van der Waals surface area contributed by atoms with Gasteiger partial charge in [-0.05, 0) is 12.1 Å². The third-order valence-electron chi connectivity index (χ3n) is 3.02. The van der Waals surface area contributed by atoms with Crippen molar-refractivity contribution >= 4 is 29.1 Å². The highest BCUT2D eigenvalue weighted by atomic mass is 32.2. The number of thioether (sulfide) groups is 1. The Bertz CT molecular complexity index is 475. The minimum absolute atomic E-state index is 0.00463. The standard InChI is InChI=1S/C17H26N2O2S/c1-12(2)17(21)15(18-13(3)4)10-22-11-16(20)19-14-8-6-5-7-9-14/h5-9,12-13,15,18H,10-11H2,1-4H3,(H,19,20). The highest BCUT2D eigenvalue weighted by Crippen LogP contribution is 2.11. The van der Waals surface area contributed by atoms with Gasteiger partial charge in [-0.15, -0.1) is 11.8 Å². The molecule has 0 aliphatic carbocycles. The van der Waals surface area contributed by atoms with Crippen LogP contribution in [0, 0.1) is 5.92 Å². The molecule has 5 heteroatoms. The van der Waals surface area contributed by atoms with Gasteiger partial charge in [-0.3, -0.25) is 9.59 Å². The fraction of sp³-hybridized carbons (Fsp3) is 0.529. The Hall–Kier alpha value is -1.33. The first kappa shape index (κ1) is 18.7. The summed E-state index contributed by atoms with van der Waals surface area (Å²) in [5.41, 5.74) is 0.795. The Kier molecular flexibility index (Phi) is 8.20. The van der Waals surface area contributed by atoms with Gasteiger partial charge >= 0.3 is 0 Å². The summed E-state index contributed by atoms with van der Waals surface area (Å²) in [6, 6.07) is 9.42. The van der Waals surface area contributed by atoms with Crippen LogP contribution in [0.4, 0.5) is 5.69 Å². The molecule has 1 amide bonds. The molecule has 4 nitrogen and oxygen atoms in total. The van der Waals surface area contributed by atoms with Gasteiger partial charge in [0.25, 0.3) is 0 Å². The van der Waals surface area contributed by atoms with Gasteiger partial charge in [0.1, 0.15) is 0 Å². The van der Waals surface area contributed by atoms with Gasteiger partial charge in [0, 0.05) is 23.4 Å². The maximum Gasteiger partial charge on any atom is 0.234 e. The van der Waals surface area contributed by atoms with E-state index < -0.39 is 0 Å². The smallest absolute Gasteiger partial charge is 0.234 e. The van der Waals surface area contributed by atoms with E-state index in [2.05, 4.69) is 10.6 Å². The molecule has 122 valence electrons. The molecule has 1 rings (SSSR count). The molecule has 2 N–H and O–H groups in total. The van der Waals surface area contributed by atoms with Gasteiger partial charge < -0.3 is 10.6 Å². The number of benzene rings is 1. The van der Waals surface area contributed by atoms with Crippen LogP contribution in [-0.2, 0) is 9.59 Å². The van der Waals surface area contributed by atoms with Gasteiger partial charge in [-0.25, -0.2) is 0 Å². The minimum Gasteiger partial charge on any atom is -0.325 e. The van der Waals surface area contributed by atoms with Crippen molar-refractivity contribution in [1.82, 2.24) is 5.32 Å². The van der Waals surface area contributed by atoms with Crippen LogP contribution < -0.4 is 10.6 Å². The molecule has 0 aliphatic heterocycles. The monoisotopic (exact) mass is 322 g/mol. The Labute approximate surface area is 137 Å².